The molecule has 0 aromatic carbocycles. The number of nitrogens with zero attached hydrogens (tertiary/aromatic N) is 1. The summed E-state index contributed by atoms with van der Waals surface area (Å²) in [5.74, 6) is -0.217. The van der Waals surface area contributed by atoms with E-state index in [1.807, 2.05) is 19.9 Å². The van der Waals surface area contributed by atoms with Gasteiger partial charge in [0, 0.05) is 17.5 Å². The summed E-state index contributed by atoms with van der Waals surface area (Å²) < 4.78 is 10.5. The molecular weight excluding hydrogens is 330 g/mol. The number of Topliss-reactive ketones (excluding diaryl/α,β-unsaturated/α-hetero) is 1. The van der Waals surface area contributed by atoms with Gasteiger partial charge in [-0.15, -0.1) is 0 Å². The van der Waals surface area contributed by atoms with Gasteiger partial charge < -0.3 is 9.47 Å². The highest BCUT2D eigenvalue weighted by Gasteiger charge is 2.49. The van der Waals surface area contributed by atoms with E-state index in [2.05, 4.69) is 0 Å². The molecule has 0 saturated heterocycles. The van der Waals surface area contributed by atoms with E-state index in [0.717, 1.165) is 41.8 Å². The van der Waals surface area contributed by atoms with Crippen LogP contribution in [0.15, 0.2) is 6.08 Å². The second-order valence-electron chi connectivity index (χ2n) is 8.05. The Morgan fingerprint density at radius 1 is 1.27 bits per heavy atom. The first-order valence-electron chi connectivity index (χ1n) is 9.41. The summed E-state index contributed by atoms with van der Waals surface area (Å²) in [5.41, 5.74) is 4.63. The number of pyridine rings is 1. The minimum Gasteiger partial charge on any atom is -0.465 e. The second-order valence-corrected chi connectivity index (χ2v) is 8.05. The van der Waals surface area contributed by atoms with E-state index in [4.69, 9.17) is 14.5 Å². The maximum Gasteiger partial charge on any atom is 0.340 e. The summed E-state index contributed by atoms with van der Waals surface area (Å²) in [5, 5.41) is 0. The van der Waals surface area contributed by atoms with Gasteiger partial charge in [0.1, 0.15) is 0 Å². The molecule has 0 atom stereocenters. The third-order valence-electron chi connectivity index (χ3n) is 5.83. The summed E-state index contributed by atoms with van der Waals surface area (Å²) in [4.78, 5) is 30.6. The highest BCUT2D eigenvalue weighted by molar-refractivity contribution is 6.08. The molecule has 5 heteroatoms. The number of rotatable bonds is 3. The molecule has 1 saturated carbocycles. The summed E-state index contributed by atoms with van der Waals surface area (Å²) in [7, 11) is 1.38. The fourth-order valence-electron chi connectivity index (χ4n) is 4.26. The van der Waals surface area contributed by atoms with E-state index < -0.39 is 5.97 Å². The van der Waals surface area contributed by atoms with E-state index in [1.54, 1.807) is 0 Å². The van der Waals surface area contributed by atoms with Crippen molar-refractivity contribution in [3.63, 3.8) is 0 Å². The van der Waals surface area contributed by atoms with Crippen LogP contribution in [0.3, 0.4) is 0 Å². The lowest BCUT2D eigenvalue weighted by Gasteiger charge is -2.29. The number of esters is 1. The van der Waals surface area contributed by atoms with Crippen LogP contribution in [0.1, 0.15) is 83.1 Å². The Kier molecular flexibility index (Phi) is 4.22. The van der Waals surface area contributed by atoms with Crippen LogP contribution in [0.5, 0.6) is 0 Å². The van der Waals surface area contributed by atoms with Gasteiger partial charge in [0.15, 0.2) is 5.78 Å². The van der Waals surface area contributed by atoms with Crippen molar-refractivity contribution in [1.82, 2.24) is 4.98 Å². The lowest BCUT2D eigenvalue weighted by atomic mass is 9.77. The fourth-order valence-corrected chi connectivity index (χ4v) is 4.26. The first-order valence-corrected chi connectivity index (χ1v) is 9.41. The van der Waals surface area contributed by atoms with Crippen LogP contribution in [-0.2, 0) is 15.9 Å². The Labute approximate surface area is 153 Å². The van der Waals surface area contributed by atoms with Gasteiger partial charge in [-0.1, -0.05) is 19.9 Å². The van der Waals surface area contributed by atoms with Gasteiger partial charge in [0.05, 0.1) is 37.3 Å². The van der Waals surface area contributed by atoms with E-state index >= 15 is 0 Å². The van der Waals surface area contributed by atoms with E-state index in [-0.39, 0.29) is 17.1 Å². The summed E-state index contributed by atoms with van der Waals surface area (Å²) in [6, 6.07) is 0. The van der Waals surface area contributed by atoms with Gasteiger partial charge in [0.25, 0.3) is 0 Å². The predicted molar refractivity (Wildman–Crippen MR) is 97.4 cm³/mol. The average Bonchev–Trinajstić information content (AvgIpc) is 3.38. The molecule has 2 heterocycles. The highest BCUT2D eigenvalue weighted by atomic mass is 16.5. The number of hydrogen-bond acceptors (Lipinski definition) is 5. The number of ether oxygens (including phenoxy) is 2. The molecule has 1 aromatic heterocycles. The molecule has 4 rings (SSSR count). The Morgan fingerprint density at radius 3 is 2.62 bits per heavy atom. The molecule has 5 nitrogen and oxygen atoms in total. The van der Waals surface area contributed by atoms with Crippen molar-refractivity contribution in [3.8, 4) is 0 Å². The lowest BCUT2D eigenvalue weighted by molar-refractivity contribution is 0.0597. The Hall–Kier alpha value is -2.01. The maximum atomic E-state index is 13.1. The highest BCUT2D eigenvalue weighted by Crippen LogP contribution is 2.55. The first-order chi connectivity index (χ1) is 12.5. The zero-order valence-electron chi connectivity index (χ0n) is 15.7. The first kappa shape index (κ1) is 17.4. The number of hydrogen-bond donors (Lipinski definition) is 0. The lowest BCUT2D eigenvalue weighted by Crippen LogP contribution is -2.28. The molecule has 0 radical (unpaired) electrons. The SMILES string of the molecule is COC(=O)c1c(C(C)C)nc2c(c1C1=CCOCC1)C(=O)CC1(CC1)C2. The quantitative estimate of drug-likeness (QED) is 0.774. The zero-order valence-corrected chi connectivity index (χ0v) is 15.7. The van der Waals surface area contributed by atoms with Gasteiger partial charge >= 0.3 is 5.97 Å². The number of carbonyl (C=O) groups is 2. The molecule has 0 bridgehead atoms. The fraction of sp³-hybridized carbons (Fsp3) is 0.571. The van der Waals surface area contributed by atoms with Crippen molar-refractivity contribution in [2.75, 3.05) is 20.3 Å². The standard InChI is InChI=1S/C21H25NO4/c1-12(2)19-18(20(24)25-3)16(13-4-8-26-9-5-13)17-14(22-19)10-21(6-7-21)11-15(17)23/h4,12H,5-11H2,1-3H3. The molecule has 1 spiro atoms. The Bertz CT molecular complexity index is 818. The topological polar surface area (TPSA) is 65.5 Å². The van der Waals surface area contributed by atoms with Crippen LogP contribution in [0.2, 0.25) is 0 Å². The monoisotopic (exact) mass is 355 g/mol. The molecule has 26 heavy (non-hydrogen) atoms. The molecular formula is C21H25NO4. The van der Waals surface area contributed by atoms with Crippen molar-refractivity contribution in [3.05, 3.63) is 34.2 Å². The summed E-state index contributed by atoms with van der Waals surface area (Å²) in [6.45, 7) is 5.16. The molecule has 1 fully saturated rings. The van der Waals surface area contributed by atoms with Gasteiger partial charge in [0.2, 0.25) is 0 Å². The van der Waals surface area contributed by atoms with Gasteiger partial charge in [-0.3, -0.25) is 9.78 Å². The molecule has 0 unspecified atom stereocenters. The summed E-state index contributed by atoms with van der Waals surface area (Å²) >= 11 is 0. The minimum atomic E-state index is -0.411. The van der Waals surface area contributed by atoms with Gasteiger partial charge in [-0.2, -0.15) is 0 Å². The zero-order chi connectivity index (χ0) is 18.5. The van der Waals surface area contributed by atoms with Crippen molar-refractivity contribution in [1.29, 1.82) is 0 Å². The average molecular weight is 355 g/mol. The predicted octanol–water partition coefficient (Wildman–Crippen LogP) is 3.70. The second kappa shape index (κ2) is 6.31. The van der Waals surface area contributed by atoms with Crippen LogP contribution in [-0.4, -0.2) is 37.1 Å². The molecule has 0 N–H and O–H groups in total. The normalized spacial score (nSPS) is 20.8. The molecule has 2 aliphatic carbocycles. The van der Waals surface area contributed by atoms with Crippen LogP contribution in [0.25, 0.3) is 5.57 Å². The van der Waals surface area contributed by atoms with Crippen LogP contribution in [0, 0.1) is 5.41 Å². The molecule has 0 amide bonds. The number of methoxy groups -OCH3 is 1. The minimum absolute atomic E-state index is 0.0702. The molecule has 138 valence electrons. The van der Waals surface area contributed by atoms with Gasteiger partial charge in [-0.25, -0.2) is 4.79 Å². The number of aromatic nitrogens is 1. The maximum absolute atomic E-state index is 13.1. The van der Waals surface area contributed by atoms with Crippen LogP contribution < -0.4 is 0 Å². The largest absolute Gasteiger partial charge is 0.465 e. The van der Waals surface area contributed by atoms with Gasteiger partial charge in [-0.05, 0) is 42.6 Å². The molecule has 3 aliphatic rings. The number of carbonyl (C=O) groups excluding carboxylic acids is 2. The van der Waals surface area contributed by atoms with Crippen molar-refractivity contribution in [2.45, 2.75) is 51.9 Å². The Balaban J connectivity index is 2.01. The van der Waals surface area contributed by atoms with E-state index in [0.29, 0.717) is 37.2 Å². The van der Waals surface area contributed by atoms with Crippen molar-refractivity contribution >= 4 is 17.3 Å². The van der Waals surface area contributed by atoms with Crippen LogP contribution >= 0.6 is 0 Å². The number of fused-ring (bicyclic) bond motifs is 1. The smallest absolute Gasteiger partial charge is 0.340 e. The third-order valence-corrected chi connectivity index (χ3v) is 5.83. The third kappa shape index (κ3) is 2.78. The van der Waals surface area contributed by atoms with Crippen molar-refractivity contribution in [2.24, 2.45) is 5.41 Å². The molecule has 1 aliphatic heterocycles. The summed E-state index contributed by atoms with van der Waals surface area (Å²) in [6.07, 6.45) is 6.29. The van der Waals surface area contributed by atoms with Crippen molar-refractivity contribution < 1.29 is 19.1 Å². The molecule has 1 aromatic rings. The Morgan fingerprint density at radius 2 is 2.04 bits per heavy atom. The van der Waals surface area contributed by atoms with E-state index in [9.17, 15) is 9.59 Å². The number of ketones is 1. The van der Waals surface area contributed by atoms with Crippen LogP contribution in [0.4, 0.5) is 0 Å². The van der Waals surface area contributed by atoms with E-state index in [1.165, 1.54) is 7.11 Å².